The quantitative estimate of drug-likeness (QED) is 0.427. The third-order valence-electron chi connectivity index (χ3n) is 5.27. The molecule has 8 heteroatoms. The molecule has 0 aliphatic heterocycles. The van der Waals surface area contributed by atoms with Crippen molar-refractivity contribution in [1.82, 2.24) is 30.3 Å². The van der Waals surface area contributed by atoms with E-state index in [1.54, 1.807) is 23.7 Å². The number of nitrogens with one attached hydrogen (secondary N) is 1. The minimum atomic E-state index is -0.152. The van der Waals surface area contributed by atoms with Crippen molar-refractivity contribution in [3.05, 3.63) is 76.6 Å². The molecule has 1 aliphatic carbocycles. The molecule has 4 aromatic rings. The first-order valence-corrected chi connectivity index (χ1v) is 11.3. The first-order valence-electron chi connectivity index (χ1n) is 10.4. The zero-order valence-corrected chi connectivity index (χ0v) is 17.8. The van der Waals surface area contributed by atoms with E-state index in [-0.39, 0.29) is 5.91 Å². The van der Waals surface area contributed by atoms with Crippen molar-refractivity contribution in [2.45, 2.75) is 31.6 Å². The fourth-order valence-electron chi connectivity index (χ4n) is 3.54. The van der Waals surface area contributed by atoms with Gasteiger partial charge in [-0.05, 0) is 43.5 Å². The summed E-state index contributed by atoms with van der Waals surface area (Å²) in [6, 6.07) is 13.8. The number of pyridine rings is 1. The largest absolute Gasteiger partial charge is 0.351 e. The first-order chi connectivity index (χ1) is 15.3. The lowest BCUT2D eigenvalue weighted by Crippen LogP contribution is -2.26. The topological polar surface area (TPSA) is 85.6 Å². The Morgan fingerprint density at radius 3 is 2.71 bits per heavy atom. The van der Waals surface area contributed by atoms with Crippen LogP contribution in [0, 0.1) is 0 Å². The van der Waals surface area contributed by atoms with Gasteiger partial charge in [0.05, 0.1) is 22.1 Å². The van der Waals surface area contributed by atoms with E-state index < -0.39 is 0 Å². The minimum Gasteiger partial charge on any atom is -0.351 e. The molecular weight excluding hydrogens is 408 g/mol. The average molecular weight is 431 g/mol. The molecule has 3 aromatic heterocycles. The highest BCUT2D eigenvalue weighted by molar-refractivity contribution is 7.09. The number of thiazole rings is 1. The van der Waals surface area contributed by atoms with Crippen molar-refractivity contribution in [3.8, 4) is 16.9 Å². The third-order valence-corrected chi connectivity index (χ3v) is 6.17. The molecule has 0 bridgehead atoms. The number of carbonyl (C=O) groups excluding carboxylic acids is 1. The summed E-state index contributed by atoms with van der Waals surface area (Å²) in [5.74, 6) is 0.207. The van der Waals surface area contributed by atoms with Gasteiger partial charge in [-0.2, -0.15) is 0 Å². The van der Waals surface area contributed by atoms with Gasteiger partial charge in [-0.1, -0.05) is 23.4 Å². The standard InChI is InChI=1S/C23H22N6OS/c30-23(21-22(17-8-9-17)29(28-27-21)18-5-2-1-3-6-18)25-12-4-7-20-26-19(15-31-20)16-10-13-24-14-11-16/h1-3,5-6,10-11,13-15,17H,4,7-9,12H2,(H,25,30). The van der Waals surface area contributed by atoms with Crippen LogP contribution in [0.5, 0.6) is 0 Å². The van der Waals surface area contributed by atoms with Crippen molar-refractivity contribution in [2.24, 2.45) is 0 Å². The summed E-state index contributed by atoms with van der Waals surface area (Å²) in [4.78, 5) is 21.5. The second kappa shape index (κ2) is 8.77. The molecule has 1 amide bonds. The van der Waals surface area contributed by atoms with Gasteiger partial charge >= 0.3 is 0 Å². The number of para-hydroxylation sites is 1. The van der Waals surface area contributed by atoms with E-state index in [9.17, 15) is 4.79 Å². The maximum atomic E-state index is 12.8. The van der Waals surface area contributed by atoms with Crippen molar-refractivity contribution in [3.63, 3.8) is 0 Å². The minimum absolute atomic E-state index is 0.152. The number of nitrogens with zero attached hydrogens (tertiary/aromatic N) is 5. The Morgan fingerprint density at radius 1 is 1.13 bits per heavy atom. The van der Waals surface area contributed by atoms with Gasteiger partial charge in [-0.15, -0.1) is 16.4 Å². The monoisotopic (exact) mass is 430 g/mol. The van der Waals surface area contributed by atoms with E-state index in [1.807, 2.05) is 47.1 Å². The van der Waals surface area contributed by atoms with Crippen LogP contribution in [0.1, 0.15) is 46.4 Å². The highest BCUT2D eigenvalue weighted by Gasteiger charge is 2.34. The molecule has 0 unspecified atom stereocenters. The lowest BCUT2D eigenvalue weighted by molar-refractivity contribution is 0.0947. The highest BCUT2D eigenvalue weighted by atomic mass is 32.1. The second-order valence-corrected chi connectivity index (χ2v) is 8.51. The number of carbonyl (C=O) groups is 1. The maximum absolute atomic E-state index is 12.8. The number of amides is 1. The van der Waals surface area contributed by atoms with E-state index in [1.165, 1.54) is 0 Å². The van der Waals surface area contributed by atoms with Crippen molar-refractivity contribution >= 4 is 17.2 Å². The molecule has 1 fully saturated rings. The number of rotatable bonds is 8. The van der Waals surface area contributed by atoms with Crippen LogP contribution < -0.4 is 5.32 Å². The Hall–Kier alpha value is -3.39. The summed E-state index contributed by atoms with van der Waals surface area (Å²) in [6.07, 6.45) is 7.33. The van der Waals surface area contributed by atoms with E-state index in [0.717, 1.165) is 53.3 Å². The fourth-order valence-corrected chi connectivity index (χ4v) is 4.39. The van der Waals surface area contributed by atoms with Gasteiger partial charge in [-0.3, -0.25) is 9.78 Å². The Balaban J connectivity index is 1.19. The van der Waals surface area contributed by atoms with Crippen LogP contribution in [0.4, 0.5) is 0 Å². The molecule has 5 rings (SSSR count). The Morgan fingerprint density at radius 2 is 1.94 bits per heavy atom. The summed E-state index contributed by atoms with van der Waals surface area (Å²) in [5, 5.41) is 14.6. The molecule has 0 saturated heterocycles. The van der Waals surface area contributed by atoms with Gasteiger partial charge in [-0.25, -0.2) is 9.67 Å². The Kier molecular flexibility index (Phi) is 5.54. The normalized spacial score (nSPS) is 13.3. The average Bonchev–Trinajstić information content (AvgIpc) is 3.38. The number of aryl methyl sites for hydroxylation is 1. The van der Waals surface area contributed by atoms with Crippen LogP contribution in [-0.2, 0) is 6.42 Å². The van der Waals surface area contributed by atoms with Gasteiger partial charge in [0.2, 0.25) is 0 Å². The molecule has 0 radical (unpaired) electrons. The van der Waals surface area contributed by atoms with E-state index in [4.69, 9.17) is 4.98 Å². The lowest BCUT2D eigenvalue weighted by Gasteiger charge is -2.07. The Bertz CT molecular complexity index is 1170. The highest BCUT2D eigenvalue weighted by Crippen LogP contribution is 2.41. The third kappa shape index (κ3) is 4.39. The number of benzene rings is 1. The molecular formula is C23H22N6OS. The van der Waals surface area contributed by atoms with E-state index >= 15 is 0 Å². The molecule has 1 aliphatic rings. The van der Waals surface area contributed by atoms with E-state index in [2.05, 4.69) is 26.0 Å². The van der Waals surface area contributed by atoms with Gasteiger partial charge in [0.25, 0.3) is 5.91 Å². The smallest absolute Gasteiger partial charge is 0.273 e. The molecule has 156 valence electrons. The van der Waals surface area contributed by atoms with Crippen molar-refractivity contribution in [2.75, 3.05) is 6.54 Å². The number of aromatic nitrogens is 5. The van der Waals surface area contributed by atoms with Crippen LogP contribution in [0.25, 0.3) is 16.9 Å². The van der Waals surface area contributed by atoms with Crippen LogP contribution >= 0.6 is 11.3 Å². The van der Waals surface area contributed by atoms with Crippen LogP contribution in [0.3, 0.4) is 0 Å². The SMILES string of the molecule is O=C(NCCCc1nc(-c2ccncc2)cs1)c1nnn(-c2ccccc2)c1C1CC1. The van der Waals surface area contributed by atoms with Gasteiger partial charge < -0.3 is 5.32 Å². The summed E-state index contributed by atoms with van der Waals surface area (Å²) in [5.41, 5.74) is 4.34. The van der Waals surface area contributed by atoms with Crippen LogP contribution in [0.2, 0.25) is 0 Å². The molecule has 1 N–H and O–H groups in total. The van der Waals surface area contributed by atoms with Gasteiger partial charge in [0.1, 0.15) is 0 Å². The molecule has 31 heavy (non-hydrogen) atoms. The summed E-state index contributed by atoms with van der Waals surface area (Å²) in [6.45, 7) is 0.575. The summed E-state index contributed by atoms with van der Waals surface area (Å²) in [7, 11) is 0. The van der Waals surface area contributed by atoms with Gasteiger partial charge in [0, 0.05) is 42.2 Å². The molecule has 7 nitrogen and oxygen atoms in total. The number of hydrogen-bond donors (Lipinski definition) is 1. The second-order valence-electron chi connectivity index (χ2n) is 7.57. The predicted molar refractivity (Wildman–Crippen MR) is 119 cm³/mol. The zero-order valence-electron chi connectivity index (χ0n) is 16.9. The lowest BCUT2D eigenvalue weighted by atomic mass is 10.2. The maximum Gasteiger partial charge on any atom is 0.273 e. The Labute approximate surface area is 184 Å². The van der Waals surface area contributed by atoms with E-state index in [0.29, 0.717) is 18.2 Å². The molecule has 0 spiro atoms. The van der Waals surface area contributed by atoms with Crippen molar-refractivity contribution in [1.29, 1.82) is 0 Å². The van der Waals surface area contributed by atoms with Crippen LogP contribution in [-0.4, -0.2) is 37.4 Å². The zero-order chi connectivity index (χ0) is 21.0. The van der Waals surface area contributed by atoms with Crippen LogP contribution in [0.15, 0.2) is 60.2 Å². The number of hydrogen-bond acceptors (Lipinski definition) is 6. The molecule has 1 aromatic carbocycles. The van der Waals surface area contributed by atoms with Gasteiger partial charge in [0.15, 0.2) is 5.69 Å². The first kappa shape index (κ1) is 19.6. The predicted octanol–water partition coefficient (Wildman–Crippen LogP) is 4.03. The van der Waals surface area contributed by atoms with Crippen molar-refractivity contribution < 1.29 is 4.79 Å². The summed E-state index contributed by atoms with van der Waals surface area (Å²) < 4.78 is 1.81. The molecule has 0 atom stereocenters. The molecule has 3 heterocycles. The summed E-state index contributed by atoms with van der Waals surface area (Å²) >= 11 is 1.65. The fraction of sp³-hybridized carbons (Fsp3) is 0.261. The molecule has 1 saturated carbocycles.